The van der Waals surface area contributed by atoms with E-state index in [1.165, 1.54) is 4.90 Å². The monoisotopic (exact) mass is 1090 g/mol. The van der Waals surface area contributed by atoms with Crippen molar-refractivity contribution >= 4 is 37.5 Å². The molecule has 1 aromatic rings. The van der Waals surface area contributed by atoms with E-state index in [2.05, 4.69) is 49.3 Å². The third-order valence-electron chi connectivity index (χ3n) is 17.9. The molecule has 432 valence electrons. The number of rotatable bonds is 12. The van der Waals surface area contributed by atoms with Gasteiger partial charge in [0.2, 0.25) is 5.79 Å². The number of allylic oxidation sites excluding steroid dienone is 6. The van der Waals surface area contributed by atoms with E-state index in [1.807, 2.05) is 65.8 Å². The first-order valence-electron chi connectivity index (χ1n) is 28.8. The van der Waals surface area contributed by atoms with E-state index in [4.69, 9.17) is 28.1 Å². The van der Waals surface area contributed by atoms with E-state index in [9.17, 15) is 29.1 Å². The van der Waals surface area contributed by atoms with Gasteiger partial charge in [-0.1, -0.05) is 85.8 Å². The van der Waals surface area contributed by atoms with Gasteiger partial charge >= 0.3 is 5.97 Å². The lowest BCUT2D eigenvalue weighted by molar-refractivity contribution is -0.265. The molecule has 1 saturated carbocycles. The van der Waals surface area contributed by atoms with Gasteiger partial charge in [0.15, 0.2) is 14.1 Å². The van der Waals surface area contributed by atoms with Gasteiger partial charge in [0, 0.05) is 58.5 Å². The van der Waals surface area contributed by atoms with Crippen LogP contribution in [0.2, 0.25) is 18.1 Å². The molecule has 1 aliphatic carbocycles. The second-order valence-electron chi connectivity index (χ2n) is 23.1. The zero-order chi connectivity index (χ0) is 56.8. The first-order valence-corrected chi connectivity index (χ1v) is 31.4. The number of Topliss-reactive ketones (excluding diaryl/α,β-unsaturated/α-hetero) is 3. The van der Waals surface area contributed by atoms with Crippen molar-refractivity contribution in [1.82, 2.24) is 25.1 Å². The second kappa shape index (κ2) is 29.4. The first kappa shape index (κ1) is 63.8. The van der Waals surface area contributed by atoms with Gasteiger partial charge in [-0.3, -0.25) is 19.2 Å². The number of hydrogen-bond donors (Lipinski definition) is 1. The van der Waals surface area contributed by atoms with Crippen molar-refractivity contribution in [2.24, 2.45) is 35.5 Å². The number of aromatic nitrogens is 4. The van der Waals surface area contributed by atoms with Gasteiger partial charge < -0.3 is 38.1 Å². The molecule has 0 spiro atoms. The Hall–Kier alpha value is -4.04. The highest BCUT2D eigenvalue weighted by molar-refractivity contribution is 6.73. The second-order valence-corrected chi connectivity index (χ2v) is 27.9. The lowest BCUT2D eigenvalue weighted by Crippen LogP contribution is -2.61. The van der Waals surface area contributed by atoms with Crippen LogP contribution >= 0.6 is 0 Å². The number of ether oxygens (including phenoxy) is 5. The molecule has 0 radical (unpaired) electrons. The molecule has 18 heteroatoms. The van der Waals surface area contributed by atoms with Crippen LogP contribution in [-0.2, 0) is 52.1 Å². The van der Waals surface area contributed by atoms with Crippen LogP contribution in [0.5, 0.6) is 0 Å². The van der Waals surface area contributed by atoms with E-state index in [0.717, 1.165) is 47.7 Å². The number of methoxy groups -OCH3 is 3. The number of hydrogen-bond acceptors (Lipinski definition) is 15. The van der Waals surface area contributed by atoms with Crippen molar-refractivity contribution in [2.45, 2.75) is 226 Å². The largest absolute Gasteiger partial charge is 0.460 e. The quantitative estimate of drug-likeness (QED) is 0.0895. The number of esters is 1. The predicted octanol–water partition coefficient (Wildman–Crippen LogP) is 9.47. The number of nitrogens with zero attached hydrogens (tertiary/aromatic N) is 5. The maximum Gasteiger partial charge on any atom is 0.329 e. The van der Waals surface area contributed by atoms with Gasteiger partial charge in [-0.2, -0.15) is 0 Å². The van der Waals surface area contributed by atoms with E-state index >= 15 is 0 Å². The number of ketones is 3. The summed E-state index contributed by atoms with van der Waals surface area (Å²) in [7, 11) is 2.48. The fourth-order valence-corrected chi connectivity index (χ4v) is 15.2. The van der Waals surface area contributed by atoms with Crippen molar-refractivity contribution in [3.8, 4) is 0 Å². The third-order valence-corrected chi connectivity index (χ3v) is 22.6. The predicted molar refractivity (Wildman–Crippen MR) is 297 cm³/mol. The Kier molecular flexibility index (Phi) is 24.4. The molecular formula is C59H95N5O12Si. The molecule has 3 aliphatic heterocycles. The summed E-state index contributed by atoms with van der Waals surface area (Å²) in [4.78, 5) is 74.4. The molecule has 15 atom stereocenters. The van der Waals surface area contributed by atoms with Crippen molar-refractivity contribution in [1.29, 1.82) is 0 Å². The summed E-state index contributed by atoms with van der Waals surface area (Å²) in [5.74, 6) is -7.37. The normalized spacial score (nSPS) is 36.6. The Bertz CT molecular complexity index is 2240. The maximum absolute atomic E-state index is 14.8. The Morgan fingerprint density at radius 2 is 1.57 bits per heavy atom. The average Bonchev–Trinajstić information content (AvgIpc) is 3.98. The summed E-state index contributed by atoms with van der Waals surface area (Å²) < 4.78 is 39.8. The van der Waals surface area contributed by atoms with Crippen LogP contribution in [0.4, 0.5) is 0 Å². The number of carbonyl (C=O) groups is 5. The zero-order valence-corrected chi connectivity index (χ0v) is 50.0. The number of amides is 1. The van der Waals surface area contributed by atoms with E-state index in [0.29, 0.717) is 51.4 Å². The minimum atomic E-state index is -2.43. The molecule has 4 aliphatic rings. The molecule has 0 aromatic carbocycles. The maximum atomic E-state index is 14.8. The van der Waals surface area contributed by atoms with Crippen molar-refractivity contribution < 1.29 is 57.2 Å². The van der Waals surface area contributed by atoms with E-state index in [-0.39, 0.29) is 66.8 Å². The van der Waals surface area contributed by atoms with Gasteiger partial charge in [0.05, 0.1) is 30.5 Å². The Morgan fingerprint density at radius 3 is 2.21 bits per heavy atom. The molecule has 1 aromatic heterocycles. The van der Waals surface area contributed by atoms with Gasteiger partial charge in [0.25, 0.3) is 11.7 Å². The van der Waals surface area contributed by atoms with Crippen LogP contribution in [-0.4, -0.2) is 144 Å². The Morgan fingerprint density at radius 1 is 0.857 bits per heavy atom. The fraction of sp³-hybridized carbons (Fsp3) is 0.763. The van der Waals surface area contributed by atoms with Crippen molar-refractivity contribution in [2.75, 3.05) is 27.9 Å². The molecule has 2 bridgehead atoms. The number of piperidine rings is 1. The smallest absolute Gasteiger partial charge is 0.329 e. The highest BCUT2D eigenvalue weighted by Crippen LogP contribution is 2.40. The zero-order valence-electron chi connectivity index (χ0n) is 49.0. The molecule has 5 rings (SSSR count). The van der Waals surface area contributed by atoms with Gasteiger partial charge in [-0.15, -0.1) is 5.10 Å². The summed E-state index contributed by atoms with van der Waals surface area (Å²) in [6.07, 6.45) is 13.7. The number of fused-ring (bicyclic) bond motifs is 3. The number of aliphatic hydroxyl groups is 1. The lowest BCUT2D eigenvalue weighted by Gasteiger charge is -2.43. The van der Waals surface area contributed by atoms with Crippen LogP contribution in [0, 0.1) is 35.5 Å². The van der Waals surface area contributed by atoms with Gasteiger partial charge in [-0.25, -0.2) is 9.48 Å². The minimum Gasteiger partial charge on any atom is -0.460 e. The van der Waals surface area contributed by atoms with Gasteiger partial charge in [0.1, 0.15) is 30.4 Å². The van der Waals surface area contributed by atoms with Gasteiger partial charge in [-0.05, 0) is 148 Å². The van der Waals surface area contributed by atoms with Crippen LogP contribution in [0.1, 0.15) is 159 Å². The molecule has 17 nitrogen and oxygen atoms in total. The lowest BCUT2D eigenvalue weighted by atomic mass is 9.77. The summed E-state index contributed by atoms with van der Waals surface area (Å²) in [6, 6.07) is 1.35. The van der Waals surface area contributed by atoms with Crippen LogP contribution in [0.25, 0.3) is 0 Å². The molecular weight excluding hydrogens is 999 g/mol. The molecule has 77 heavy (non-hydrogen) atoms. The molecule has 1 N–H and O–H groups in total. The van der Waals surface area contributed by atoms with Crippen LogP contribution in [0.3, 0.4) is 0 Å². The number of carbonyl (C=O) groups excluding carboxylic acids is 5. The summed E-state index contributed by atoms with van der Waals surface area (Å²) in [5.41, 5.74) is 2.63. The van der Waals surface area contributed by atoms with Crippen LogP contribution < -0.4 is 0 Å². The minimum absolute atomic E-state index is 0.0457. The average molecular weight is 1090 g/mol. The number of tetrazole rings is 1. The summed E-state index contributed by atoms with van der Waals surface area (Å²) in [6.45, 7) is 21.9. The molecule has 3 fully saturated rings. The Labute approximate surface area is 460 Å². The molecule has 1 amide bonds. The fourth-order valence-electron chi connectivity index (χ4n) is 12.3. The van der Waals surface area contributed by atoms with E-state index < -0.39 is 80.2 Å². The molecule has 4 heterocycles. The highest BCUT2D eigenvalue weighted by atomic mass is 28.4. The standard InChI is InChI=1S/C59H95N5O12Si/c1-15-77(16-2,17-3)76-54-42(9)31-39(6)49(65)35-50(40(7)32-45-26-28-47(52(33-45)72-13)64-36-60-61-62-64)74-58(69)48-24-20-21-29-63(48)57(68)56(67)59(70)43(10)25-27-46(75-59)34-51(71-12)44(11)38(5)23-19-18-22-37(4)30-41(8)53(66)55(54)73-14/h18-19,22-23,31,36-37,39-41,43,45-48,50-52,54-55,70H,15-17,20-21,24-30,32-35H2,1-14H3/b22-18+,23-19+,42-31+,44-38+/t37-,39-,40-,41-,43-,45+,46+,47+,48+,50+,51+,52-,54-,55+,59-/m1/s1. The third kappa shape index (κ3) is 16.1. The Balaban J connectivity index is 1.55. The topological polar surface area (TPSA) is 208 Å². The summed E-state index contributed by atoms with van der Waals surface area (Å²) in [5, 5.41) is 24.0. The highest BCUT2D eigenvalue weighted by Gasteiger charge is 2.53. The van der Waals surface area contributed by atoms with E-state index in [1.54, 1.807) is 39.3 Å². The van der Waals surface area contributed by atoms with Crippen LogP contribution in [0.15, 0.2) is 53.4 Å². The summed E-state index contributed by atoms with van der Waals surface area (Å²) >= 11 is 0. The molecule has 0 unspecified atom stereocenters. The number of cyclic esters (lactones) is 1. The first-order chi connectivity index (χ1) is 36.6. The SMILES string of the molecule is CC[Si](CC)(CC)O[C@@H]1/C(C)=C/[C@@H](C)C(=O)C[C@@H]([C@H](C)C[C@@H]2CC[C@H](n3cnnn3)[C@H](OC)C2)OC(=O)[C@@H]2CCCCN2C(=O)C(=O)[C@]2(O)O[C@@H](CC[C@H]2C)C[C@H](OC)/C(C)=C(C)/C=C/C=C/[C@@H](C)C[C@@H](C)C(=O)[C@@H]1OC. The molecule has 2 saturated heterocycles. The van der Waals surface area contributed by atoms with Crippen molar-refractivity contribution in [3.05, 3.63) is 53.4 Å². The van der Waals surface area contributed by atoms with Crippen molar-refractivity contribution in [3.63, 3.8) is 0 Å².